The van der Waals surface area contributed by atoms with Gasteiger partial charge in [-0.15, -0.1) is 0 Å². The number of aromatic nitrogens is 2. The van der Waals surface area contributed by atoms with Crippen LogP contribution in [0.1, 0.15) is 16.1 Å². The van der Waals surface area contributed by atoms with Crippen molar-refractivity contribution < 1.29 is 22.7 Å². The molecular formula is C15H14ClF3N4O2. The molecule has 0 bridgehead atoms. The number of hydrogen-bond donors (Lipinski definition) is 2. The third kappa shape index (κ3) is 5.30. The van der Waals surface area contributed by atoms with Crippen LogP contribution in [0.2, 0.25) is 5.02 Å². The number of anilines is 2. The van der Waals surface area contributed by atoms with Gasteiger partial charge in [0.05, 0.1) is 17.2 Å². The number of nitrogens with one attached hydrogen (secondary N) is 2. The smallest absolute Gasteiger partial charge is 0.383 e. The Morgan fingerprint density at radius 2 is 2.08 bits per heavy atom. The fourth-order valence-corrected chi connectivity index (χ4v) is 2.08. The first kappa shape index (κ1) is 18.9. The van der Waals surface area contributed by atoms with E-state index in [4.69, 9.17) is 16.3 Å². The normalized spacial score (nSPS) is 11.2. The minimum Gasteiger partial charge on any atom is -0.383 e. The molecule has 0 spiro atoms. The molecule has 0 aliphatic heterocycles. The van der Waals surface area contributed by atoms with Gasteiger partial charge in [0.1, 0.15) is 5.69 Å². The van der Waals surface area contributed by atoms with Crippen LogP contribution in [-0.4, -0.2) is 36.1 Å². The van der Waals surface area contributed by atoms with Crippen molar-refractivity contribution in [2.75, 3.05) is 25.6 Å². The lowest BCUT2D eigenvalue weighted by atomic mass is 10.2. The number of halogens is 4. The number of carbonyl (C=O) groups excluding carboxylic acids is 1. The van der Waals surface area contributed by atoms with E-state index in [-0.39, 0.29) is 17.3 Å². The molecule has 0 radical (unpaired) electrons. The van der Waals surface area contributed by atoms with Gasteiger partial charge in [0, 0.05) is 25.5 Å². The third-order valence-electron chi connectivity index (χ3n) is 3.01. The van der Waals surface area contributed by atoms with Crippen LogP contribution in [0.4, 0.5) is 24.8 Å². The second-order valence-corrected chi connectivity index (χ2v) is 5.24. The van der Waals surface area contributed by atoms with Crippen LogP contribution in [0.15, 0.2) is 30.5 Å². The predicted octanol–water partition coefficient (Wildman–Crippen LogP) is 3.27. The molecule has 0 atom stereocenters. The van der Waals surface area contributed by atoms with Crippen molar-refractivity contribution in [3.63, 3.8) is 0 Å². The van der Waals surface area contributed by atoms with Gasteiger partial charge in [-0.25, -0.2) is 9.97 Å². The molecule has 0 aliphatic carbocycles. The fraction of sp³-hybridized carbons (Fsp3) is 0.267. The summed E-state index contributed by atoms with van der Waals surface area (Å²) in [4.78, 5) is 19.8. The van der Waals surface area contributed by atoms with E-state index in [0.29, 0.717) is 13.2 Å². The zero-order valence-electron chi connectivity index (χ0n) is 13.0. The molecular weight excluding hydrogens is 361 g/mol. The summed E-state index contributed by atoms with van der Waals surface area (Å²) in [5.41, 5.74) is -0.820. The molecule has 1 heterocycles. The van der Waals surface area contributed by atoms with Crippen molar-refractivity contribution in [1.29, 1.82) is 0 Å². The number of rotatable bonds is 6. The quantitative estimate of drug-likeness (QED) is 0.759. The van der Waals surface area contributed by atoms with Gasteiger partial charge in [-0.1, -0.05) is 11.6 Å². The Labute approximate surface area is 146 Å². The predicted molar refractivity (Wildman–Crippen MR) is 86.0 cm³/mol. The first-order chi connectivity index (χ1) is 11.8. The van der Waals surface area contributed by atoms with Crippen molar-refractivity contribution in [3.8, 4) is 0 Å². The van der Waals surface area contributed by atoms with Gasteiger partial charge in [-0.05, 0) is 24.3 Å². The number of carbonyl (C=O) groups is 1. The summed E-state index contributed by atoms with van der Waals surface area (Å²) in [6.07, 6.45) is -3.26. The highest BCUT2D eigenvalue weighted by molar-refractivity contribution is 6.31. The Morgan fingerprint density at radius 3 is 2.76 bits per heavy atom. The van der Waals surface area contributed by atoms with E-state index in [1.54, 1.807) is 0 Å². The van der Waals surface area contributed by atoms with Crippen molar-refractivity contribution >= 4 is 29.1 Å². The van der Waals surface area contributed by atoms with Crippen molar-refractivity contribution in [3.05, 3.63) is 46.7 Å². The topological polar surface area (TPSA) is 76.1 Å². The van der Waals surface area contributed by atoms with E-state index in [1.807, 2.05) is 0 Å². The van der Waals surface area contributed by atoms with E-state index in [0.717, 1.165) is 12.1 Å². The van der Waals surface area contributed by atoms with E-state index in [9.17, 15) is 18.0 Å². The minimum absolute atomic E-state index is 0.0187. The second kappa shape index (κ2) is 8.13. The fourth-order valence-electron chi connectivity index (χ4n) is 1.85. The van der Waals surface area contributed by atoms with Crippen LogP contribution in [0.3, 0.4) is 0 Å². The Kier molecular flexibility index (Phi) is 6.16. The number of amides is 1. The largest absolute Gasteiger partial charge is 0.417 e. The molecule has 134 valence electrons. The molecule has 10 heteroatoms. The highest BCUT2D eigenvalue weighted by Crippen LogP contribution is 2.36. The zero-order valence-corrected chi connectivity index (χ0v) is 13.8. The third-order valence-corrected chi connectivity index (χ3v) is 3.34. The van der Waals surface area contributed by atoms with E-state index in [1.165, 1.54) is 25.4 Å². The number of methoxy groups -OCH3 is 1. The molecule has 25 heavy (non-hydrogen) atoms. The maximum absolute atomic E-state index is 12.9. The summed E-state index contributed by atoms with van der Waals surface area (Å²) >= 11 is 5.57. The van der Waals surface area contributed by atoms with Gasteiger partial charge in [0.25, 0.3) is 5.91 Å². The van der Waals surface area contributed by atoms with Gasteiger partial charge in [-0.2, -0.15) is 13.2 Å². The molecule has 0 saturated carbocycles. The van der Waals surface area contributed by atoms with Gasteiger partial charge in [-0.3, -0.25) is 4.79 Å². The van der Waals surface area contributed by atoms with E-state index >= 15 is 0 Å². The zero-order chi connectivity index (χ0) is 18.4. The molecule has 6 nitrogen and oxygen atoms in total. The summed E-state index contributed by atoms with van der Waals surface area (Å²) in [5, 5.41) is 4.79. The molecule has 0 fully saturated rings. The van der Waals surface area contributed by atoms with Crippen LogP contribution < -0.4 is 10.6 Å². The minimum atomic E-state index is -4.58. The highest BCUT2D eigenvalue weighted by Gasteiger charge is 2.33. The van der Waals surface area contributed by atoms with Crippen molar-refractivity contribution in [1.82, 2.24) is 15.3 Å². The molecule has 1 aromatic heterocycles. The number of hydrogen-bond acceptors (Lipinski definition) is 5. The first-order valence-electron chi connectivity index (χ1n) is 7.05. The Morgan fingerprint density at radius 1 is 1.32 bits per heavy atom. The van der Waals surface area contributed by atoms with Crippen LogP contribution >= 0.6 is 11.6 Å². The molecule has 2 rings (SSSR count). The van der Waals surface area contributed by atoms with Crippen molar-refractivity contribution in [2.24, 2.45) is 0 Å². The maximum Gasteiger partial charge on any atom is 0.417 e. The molecule has 1 aromatic carbocycles. The number of alkyl halides is 3. The van der Waals surface area contributed by atoms with Crippen LogP contribution in [0.25, 0.3) is 0 Å². The number of benzene rings is 1. The molecule has 0 saturated heterocycles. The van der Waals surface area contributed by atoms with Gasteiger partial charge < -0.3 is 15.4 Å². The Bertz CT molecular complexity index is 756. The average Bonchev–Trinajstić information content (AvgIpc) is 2.56. The second-order valence-electron chi connectivity index (χ2n) is 4.83. The van der Waals surface area contributed by atoms with E-state index < -0.39 is 22.7 Å². The highest BCUT2D eigenvalue weighted by atomic mass is 35.5. The van der Waals surface area contributed by atoms with E-state index in [2.05, 4.69) is 20.6 Å². The van der Waals surface area contributed by atoms with Gasteiger partial charge in [0.2, 0.25) is 5.95 Å². The molecule has 2 aromatic rings. The lowest BCUT2D eigenvalue weighted by Gasteiger charge is -2.12. The standard InChI is InChI=1S/C15H14ClF3N4O2/c1-25-7-6-20-13(24)12-4-5-21-14(23-12)22-9-2-3-11(16)10(8-9)15(17,18)19/h2-5,8H,6-7H2,1H3,(H,20,24)(H,21,22,23). The first-order valence-corrected chi connectivity index (χ1v) is 7.43. The SMILES string of the molecule is COCCNC(=O)c1ccnc(Nc2ccc(Cl)c(C(F)(F)F)c2)n1. The van der Waals surface area contributed by atoms with Crippen molar-refractivity contribution in [2.45, 2.75) is 6.18 Å². The number of ether oxygens (including phenoxy) is 1. The van der Waals surface area contributed by atoms with Gasteiger partial charge in [0.15, 0.2) is 0 Å². The van der Waals surface area contributed by atoms with Crippen LogP contribution in [-0.2, 0) is 10.9 Å². The van der Waals surface area contributed by atoms with Crippen LogP contribution in [0, 0.1) is 0 Å². The molecule has 0 aliphatic rings. The lowest BCUT2D eigenvalue weighted by Crippen LogP contribution is -2.27. The number of nitrogens with zero attached hydrogens (tertiary/aromatic N) is 2. The van der Waals surface area contributed by atoms with Crippen LogP contribution in [0.5, 0.6) is 0 Å². The van der Waals surface area contributed by atoms with Gasteiger partial charge >= 0.3 is 6.18 Å². The summed E-state index contributed by atoms with van der Waals surface area (Å²) in [6, 6.07) is 4.70. The summed E-state index contributed by atoms with van der Waals surface area (Å²) in [7, 11) is 1.50. The molecule has 1 amide bonds. The summed E-state index contributed by atoms with van der Waals surface area (Å²) < 4.78 is 43.5. The monoisotopic (exact) mass is 374 g/mol. The molecule has 0 unspecified atom stereocenters. The average molecular weight is 375 g/mol. The summed E-state index contributed by atoms with van der Waals surface area (Å²) in [6.45, 7) is 0.640. The Hall–Kier alpha value is -2.39. The Balaban J connectivity index is 2.16. The maximum atomic E-state index is 12.9. The lowest BCUT2D eigenvalue weighted by molar-refractivity contribution is -0.137. The summed E-state index contributed by atoms with van der Waals surface area (Å²) in [5.74, 6) is -0.468. The molecule has 2 N–H and O–H groups in total.